The SMILES string of the molecule is CC(C)(C)OC(=O)CCCC(NC(=O)OC(C)(C)C)C(=O)N1c2ccccc2CC1C(=O)NCc1nn[nH]n1. The Balaban J connectivity index is 1.80. The Morgan fingerprint density at radius 3 is 2.41 bits per heavy atom. The van der Waals surface area contributed by atoms with E-state index in [2.05, 4.69) is 31.3 Å². The van der Waals surface area contributed by atoms with Crippen molar-refractivity contribution in [2.24, 2.45) is 0 Å². The number of benzene rings is 1. The number of tetrazole rings is 1. The fraction of sp³-hybridized carbons (Fsp3) is 0.577. The van der Waals surface area contributed by atoms with Gasteiger partial charge in [0.05, 0.1) is 6.54 Å². The Morgan fingerprint density at radius 1 is 1.08 bits per heavy atom. The van der Waals surface area contributed by atoms with Crippen LogP contribution in [-0.4, -0.2) is 67.8 Å². The number of alkyl carbamates (subject to hydrolysis) is 1. The van der Waals surface area contributed by atoms with Crippen molar-refractivity contribution in [1.29, 1.82) is 0 Å². The van der Waals surface area contributed by atoms with E-state index in [-0.39, 0.29) is 32.2 Å². The van der Waals surface area contributed by atoms with Crippen molar-refractivity contribution in [3.63, 3.8) is 0 Å². The van der Waals surface area contributed by atoms with Gasteiger partial charge in [0.1, 0.15) is 23.3 Å². The Kier molecular flexibility index (Phi) is 9.25. The second kappa shape index (κ2) is 12.2. The summed E-state index contributed by atoms with van der Waals surface area (Å²) in [5, 5.41) is 18.8. The van der Waals surface area contributed by atoms with Crippen LogP contribution in [0.2, 0.25) is 0 Å². The largest absolute Gasteiger partial charge is 0.460 e. The number of esters is 1. The Morgan fingerprint density at radius 2 is 1.77 bits per heavy atom. The molecule has 0 saturated carbocycles. The number of anilines is 1. The van der Waals surface area contributed by atoms with Gasteiger partial charge in [0, 0.05) is 18.5 Å². The van der Waals surface area contributed by atoms with E-state index in [1.807, 2.05) is 12.1 Å². The number of rotatable bonds is 9. The molecule has 0 aliphatic carbocycles. The molecule has 1 aromatic heterocycles. The van der Waals surface area contributed by atoms with Crippen molar-refractivity contribution in [3.8, 4) is 0 Å². The number of carbonyl (C=O) groups is 4. The van der Waals surface area contributed by atoms with E-state index in [9.17, 15) is 19.2 Å². The van der Waals surface area contributed by atoms with Crippen molar-refractivity contribution < 1.29 is 28.7 Å². The zero-order valence-electron chi connectivity index (χ0n) is 23.2. The maximum atomic E-state index is 14.0. The molecule has 0 bridgehead atoms. The van der Waals surface area contributed by atoms with Gasteiger partial charge in [0.25, 0.3) is 0 Å². The summed E-state index contributed by atoms with van der Waals surface area (Å²) in [6.45, 7) is 10.5. The lowest BCUT2D eigenvalue weighted by atomic mass is 10.1. The molecule has 2 atom stereocenters. The molecule has 3 amide bonds. The van der Waals surface area contributed by atoms with Gasteiger partial charge in [-0.3, -0.25) is 19.3 Å². The van der Waals surface area contributed by atoms with Crippen LogP contribution in [0.15, 0.2) is 24.3 Å². The second-order valence-corrected chi connectivity index (χ2v) is 11.3. The normalized spacial score (nSPS) is 15.7. The molecule has 0 radical (unpaired) electrons. The molecule has 3 N–H and O–H groups in total. The Hall–Kier alpha value is -4.03. The lowest BCUT2D eigenvalue weighted by Gasteiger charge is -2.30. The number of hydrogen-bond acceptors (Lipinski definition) is 9. The molecule has 0 spiro atoms. The smallest absolute Gasteiger partial charge is 0.408 e. The molecule has 212 valence electrons. The number of hydrogen-bond donors (Lipinski definition) is 3. The highest BCUT2D eigenvalue weighted by Gasteiger charge is 2.41. The zero-order valence-corrected chi connectivity index (χ0v) is 23.2. The number of fused-ring (bicyclic) bond motifs is 1. The summed E-state index contributed by atoms with van der Waals surface area (Å²) in [4.78, 5) is 53.5. The number of aromatic amines is 1. The molecule has 2 heterocycles. The number of nitrogens with zero attached hydrogens (tertiary/aromatic N) is 4. The third-order valence-corrected chi connectivity index (χ3v) is 5.61. The lowest BCUT2D eigenvalue weighted by molar-refractivity contribution is -0.155. The summed E-state index contributed by atoms with van der Waals surface area (Å²) in [6, 6.07) is 5.29. The number of aromatic nitrogens is 4. The zero-order chi connectivity index (χ0) is 28.8. The molecule has 1 aliphatic heterocycles. The van der Waals surface area contributed by atoms with Gasteiger partial charge in [0.2, 0.25) is 11.8 Å². The quantitative estimate of drug-likeness (QED) is 0.401. The van der Waals surface area contributed by atoms with Gasteiger partial charge >= 0.3 is 12.1 Å². The molecule has 0 fully saturated rings. The number of amides is 3. The molecule has 1 aromatic carbocycles. The van der Waals surface area contributed by atoms with Gasteiger partial charge < -0.3 is 20.1 Å². The Labute approximate surface area is 227 Å². The van der Waals surface area contributed by atoms with E-state index < -0.39 is 47.2 Å². The first-order valence-electron chi connectivity index (χ1n) is 12.9. The number of carbonyl (C=O) groups excluding carboxylic acids is 4. The summed E-state index contributed by atoms with van der Waals surface area (Å²) in [6.07, 6.45) is -0.0265. The van der Waals surface area contributed by atoms with Gasteiger partial charge in [0.15, 0.2) is 5.82 Å². The highest BCUT2D eigenvalue weighted by atomic mass is 16.6. The topological polar surface area (TPSA) is 168 Å². The van der Waals surface area contributed by atoms with Gasteiger partial charge in [-0.25, -0.2) is 4.79 Å². The van der Waals surface area contributed by atoms with Crippen molar-refractivity contribution in [2.75, 3.05) is 4.90 Å². The highest BCUT2D eigenvalue weighted by molar-refractivity contribution is 6.06. The standard InChI is InChI=1S/C26H37N7O6/c1-25(2,3)38-21(34)13-9-11-17(28-24(37)39-26(4,5)6)23(36)33-18-12-8-7-10-16(18)14-19(33)22(35)27-15-20-29-31-32-30-20/h7-8,10,12,17,19H,9,11,13-15H2,1-6H3,(H,27,35)(H,28,37)(H,29,30,31,32). The molecule has 39 heavy (non-hydrogen) atoms. The first-order valence-corrected chi connectivity index (χ1v) is 12.9. The van der Waals surface area contributed by atoms with Crippen LogP contribution in [-0.2, 0) is 36.8 Å². The minimum atomic E-state index is -1.05. The maximum absolute atomic E-state index is 14.0. The van der Waals surface area contributed by atoms with Crippen molar-refractivity contribution in [2.45, 2.75) is 97.1 Å². The third-order valence-electron chi connectivity index (χ3n) is 5.61. The molecule has 2 aromatic rings. The van der Waals surface area contributed by atoms with E-state index in [1.165, 1.54) is 4.90 Å². The van der Waals surface area contributed by atoms with Crippen LogP contribution in [0.5, 0.6) is 0 Å². The molecule has 1 aliphatic rings. The summed E-state index contributed by atoms with van der Waals surface area (Å²) in [5.41, 5.74) is -0.0327. The summed E-state index contributed by atoms with van der Waals surface area (Å²) in [7, 11) is 0. The molecule has 0 saturated heterocycles. The van der Waals surface area contributed by atoms with Gasteiger partial charge in [-0.2, -0.15) is 5.21 Å². The summed E-state index contributed by atoms with van der Waals surface area (Å²) < 4.78 is 10.7. The van der Waals surface area contributed by atoms with E-state index >= 15 is 0 Å². The van der Waals surface area contributed by atoms with E-state index in [0.717, 1.165) is 5.56 Å². The molecule has 13 nitrogen and oxygen atoms in total. The van der Waals surface area contributed by atoms with Crippen molar-refractivity contribution in [3.05, 3.63) is 35.7 Å². The minimum Gasteiger partial charge on any atom is -0.460 e. The lowest BCUT2D eigenvalue weighted by Crippen LogP contribution is -2.55. The summed E-state index contributed by atoms with van der Waals surface area (Å²) >= 11 is 0. The van der Waals surface area contributed by atoms with Crippen LogP contribution >= 0.6 is 0 Å². The third kappa shape index (κ3) is 8.76. The number of H-pyrrole nitrogens is 1. The van der Waals surface area contributed by atoms with E-state index in [0.29, 0.717) is 11.5 Å². The van der Waals surface area contributed by atoms with Gasteiger partial charge in [-0.05, 0) is 66.0 Å². The van der Waals surface area contributed by atoms with Crippen LogP contribution in [0.1, 0.15) is 72.2 Å². The average Bonchev–Trinajstić information content (AvgIpc) is 3.47. The molecule has 2 unspecified atom stereocenters. The van der Waals surface area contributed by atoms with Crippen LogP contribution in [0.25, 0.3) is 0 Å². The first kappa shape index (κ1) is 29.5. The number of nitrogens with one attached hydrogen (secondary N) is 3. The van der Waals surface area contributed by atoms with Gasteiger partial charge in [-0.1, -0.05) is 23.4 Å². The predicted molar refractivity (Wildman–Crippen MR) is 140 cm³/mol. The molecular formula is C26H37N7O6. The maximum Gasteiger partial charge on any atom is 0.408 e. The van der Waals surface area contributed by atoms with E-state index in [4.69, 9.17) is 9.47 Å². The van der Waals surface area contributed by atoms with Crippen molar-refractivity contribution >= 4 is 29.6 Å². The first-order chi connectivity index (χ1) is 18.2. The van der Waals surface area contributed by atoms with Crippen LogP contribution < -0.4 is 15.5 Å². The molecular weight excluding hydrogens is 506 g/mol. The van der Waals surface area contributed by atoms with E-state index in [1.54, 1.807) is 53.7 Å². The van der Waals surface area contributed by atoms with Gasteiger partial charge in [-0.15, -0.1) is 10.2 Å². The molecule has 13 heteroatoms. The fourth-order valence-electron chi connectivity index (χ4n) is 4.13. The summed E-state index contributed by atoms with van der Waals surface area (Å²) in [5.74, 6) is -1.01. The van der Waals surface area contributed by atoms with Crippen LogP contribution in [0.4, 0.5) is 10.5 Å². The number of ether oxygens (including phenoxy) is 2. The second-order valence-electron chi connectivity index (χ2n) is 11.3. The van der Waals surface area contributed by atoms with Crippen LogP contribution in [0, 0.1) is 0 Å². The monoisotopic (exact) mass is 543 g/mol. The van der Waals surface area contributed by atoms with Crippen LogP contribution in [0.3, 0.4) is 0 Å². The molecule has 3 rings (SSSR count). The van der Waals surface area contributed by atoms with Crippen molar-refractivity contribution in [1.82, 2.24) is 31.3 Å². The average molecular weight is 544 g/mol. The highest BCUT2D eigenvalue weighted by Crippen LogP contribution is 2.33. The fourth-order valence-corrected chi connectivity index (χ4v) is 4.13. The predicted octanol–water partition coefficient (Wildman–Crippen LogP) is 2.18. The Bertz CT molecular complexity index is 1170. The minimum absolute atomic E-state index is 0.0275. The number of para-hydroxylation sites is 1.